The van der Waals surface area contributed by atoms with Gasteiger partial charge in [0, 0.05) is 17.0 Å². The summed E-state index contributed by atoms with van der Waals surface area (Å²) in [5, 5.41) is 5.25. The maximum Gasteiger partial charge on any atom is 0.318 e. The highest BCUT2D eigenvalue weighted by atomic mass is 32.1. The SMILES string of the molecule is CC[C@H]1c2ccsc2CCN1C(=O)N[C@@H]1CCCOc2ccc(F)cc21. The van der Waals surface area contributed by atoms with Crippen molar-refractivity contribution < 1.29 is 13.9 Å². The summed E-state index contributed by atoms with van der Waals surface area (Å²) in [6.45, 7) is 3.42. The Balaban J connectivity index is 1.56. The molecule has 3 heterocycles. The average Bonchev–Trinajstić information content (AvgIpc) is 3.04. The molecule has 0 bridgehead atoms. The number of nitrogens with one attached hydrogen (secondary N) is 1. The van der Waals surface area contributed by atoms with Gasteiger partial charge in [0.05, 0.1) is 18.7 Å². The highest BCUT2D eigenvalue weighted by Crippen LogP contribution is 2.36. The number of rotatable bonds is 2. The van der Waals surface area contributed by atoms with Crippen molar-refractivity contribution in [3.05, 3.63) is 51.5 Å². The van der Waals surface area contributed by atoms with Crippen molar-refractivity contribution in [2.24, 2.45) is 0 Å². The molecular formula is C20H23FN2O2S. The Kier molecular flexibility index (Phi) is 4.85. The minimum absolute atomic E-state index is 0.0733. The molecule has 26 heavy (non-hydrogen) atoms. The molecule has 1 aromatic carbocycles. The van der Waals surface area contributed by atoms with Gasteiger partial charge in [-0.3, -0.25) is 0 Å². The number of nitrogens with zero attached hydrogens (tertiary/aromatic N) is 1. The van der Waals surface area contributed by atoms with E-state index in [1.54, 1.807) is 17.4 Å². The second-order valence-electron chi connectivity index (χ2n) is 6.84. The molecule has 0 aliphatic carbocycles. The van der Waals surface area contributed by atoms with Gasteiger partial charge in [0.25, 0.3) is 0 Å². The van der Waals surface area contributed by atoms with Crippen molar-refractivity contribution in [1.82, 2.24) is 10.2 Å². The van der Waals surface area contributed by atoms with Crippen molar-refractivity contribution in [1.29, 1.82) is 0 Å². The van der Waals surface area contributed by atoms with Gasteiger partial charge in [0.2, 0.25) is 0 Å². The Morgan fingerprint density at radius 2 is 2.27 bits per heavy atom. The van der Waals surface area contributed by atoms with E-state index >= 15 is 0 Å². The molecule has 0 saturated heterocycles. The third kappa shape index (κ3) is 3.18. The van der Waals surface area contributed by atoms with Crippen LogP contribution in [0.4, 0.5) is 9.18 Å². The number of halogens is 1. The molecule has 2 amide bonds. The van der Waals surface area contributed by atoms with Gasteiger partial charge in [-0.05, 0) is 60.9 Å². The monoisotopic (exact) mass is 374 g/mol. The second-order valence-corrected chi connectivity index (χ2v) is 7.84. The molecule has 4 nitrogen and oxygen atoms in total. The first-order chi connectivity index (χ1) is 12.7. The summed E-state index contributed by atoms with van der Waals surface area (Å²) in [5.41, 5.74) is 2.01. The fourth-order valence-electron chi connectivity index (χ4n) is 4.01. The van der Waals surface area contributed by atoms with Gasteiger partial charge in [-0.1, -0.05) is 6.92 Å². The zero-order valence-electron chi connectivity index (χ0n) is 14.8. The minimum atomic E-state index is -0.305. The lowest BCUT2D eigenvalue weighted by Gasteiger charge is -2.36. The van der Waals surface area contributed by atoms with E-state index in [0.29, 0.717) is 12.4 Å². The van der Waals surface area contributed by atoms with E-state index in [9.17, 15) is 9.18 Å². The van der Waals surface area contributed by atoms with Crippen LogP contribution in [-0.2, 0) is 6.42 Å². The lowest BCUT2D eigenvalue weighted by molar-refractivity contribution is 0.163. The number of benzene rings is 1. The average molecular weight is 374 g/mol. The Labute approximate surface area is 157 Å². The maximum atomic E-state index is 13.8. The van der Waals surface area contributed by atoms with Gasteiger partial charge in [-0.15, -0.1) is 11.3 Å². The van der Waals surface area contributed by atoms with Crippen LogP contribution in [0.15, 0.2) is 29.6 Å². The molecule has 1 aromatic heterocycles. The van der Waals surface area contributed by atoms with E-state index < -0.39 is 0 Å². The maximum absolute atomic E-state index is 13.8. The van der Waals surface area contributed by atoms with Crippen LogP contribution in [0.5, 0.6) is 5.75 Å². The molecule has 0 unspecified atom stereocenters. The van der Waals surface area contributed by atoms with E-state index in [4.69, 9.17) is 4.74 Å². The molecule has 2 aromatic rings. The molecule has 0 radical (unpaired) electrons. The molecule has 0 spiro atoms. The molecule has 1 N–H and O–H groups in total. The number of amides is 2. The summed E-state index contributed by atoms with van der Waals surface area (Å²) >= 11 is 1.77. The first-order valence-corrected chi connectivity index (χ1v) is 10.1. The zero-order valence-corrected chi connectivity index (χ0v) is 15.7. The number of urea groups is 1. The van der Waals surface area contributed by atoms with Crippen molar-refractivity contribution in [3.63, 3.8) is 0 Å². The van der Waals surface area contributed by atoms with Gasteiger partial charge in [0.15, 0.2) is 0 Å². The van der Waals surface area contributed by atoms with Crippen LogP contribution < -0.4 is 10.1 Å². The van der Waals surface area contributed by atoms with Crippen LogP contribution in [0.1, 0.15) is 54.3 Å². The van der Waals surface area contributed by atoms with Crippen molar-refractivity contribution in [3.8, 4) is 5.75 Å². The Hall–Kier alpha value is -2.08. The normalized spacial score (nSPS) is 22.0. The van der Waals surface area contributed by atoms with Crippen molar-refractivity contribution in [2.75, 3.05) is 13.2 Å². The quantitative estimate of drug-likeness (QED) is 0.819. The Morgan fingerprint density at radius 1 is 1.38 bits per heavy atom. The molecule has 0 fully saturated rings. The van der Waals surface area contributed by atoms with Crippen molar-refractivity contribution >= 4 is 17.4 Å². The number of hydrogen-bond acceptors (Lipinski definition) is 3. The molecule has 2 atom stereocenters. The summed E-state index contributed by atoms with van der Waals surface area (Å²) in [5.74, 6) is 0.362. The van der Waals surface area contributed by atoms with E-state index in [1.165, 1.54) is 22.6 Å². The van der Waals surface area contributed by atoms with Crippen LogP contribution in [0.25, 0.3) is 0 Å². The van der Waals surface area contributed by atoms with Crippen LogP contribution in [0.2, 0.25) is 0 Å². The van der Waals surface area contributed by atoms with Gasteiger partial charge < -0.3 is 15.0 Å². The number of carbonyl (C=O) groups is 1. The smallest absolute Gasteiger partial charge is 0.318 e. The molecule has 4 rings (SSSR count). The summed E-state index contributed by atoms with van der Waals surface area (Å²) in [6.07, 6.45) is 3.36. The van der Waals surface area contributed by atoms with E-state index in [1.807, 2.05) is 4.90 Å². The predicted molar refractivity (Wildman–Crippen MR) is 100 cm³/mol. The third-order valence-electron chi connectivity index (χ3n) is 5.28. The number of fused-ring (bicyclic) bond motifs is 2. The zero-order chi connectivity index (χ0) is 18.1. The minimum Gasteiger partial charge on any atom is -0.493 e. The number of thiophene rings is 1. The summed E-state index contributed by atoms with van der Waals surface area (Å²) < 4.78 is 19.5. The second kappa shape index (κ2) is 7.27. The topological polar surface area (TPSA) is 41.6 Å². The molecule has 138 valence electrons. The first kappa shape index (κ1) is 17.3. The fourth-order valence-corrected chi connectivity index (χ4v) is 4.94. The fraction of sp³-hybridized carbons (Fsp3) is 0.450. The highest BCUT2D eigenvalue weighted by Gasteiger charge is 2.32. The third-order valence-corrected chi connectivity index (χ3v) is 6.28. The number of ether oxygens (including phenoxy) is 1. The molecule has 2 aliphatic rings. The molecule has 6 heteroatoms. The first-order valence-electron chi connectivity index (χ1n) is 9.23. The van der Waals surface area contributed by atoms with Crippen LogP contribution in [0.3, 0.4) is 0 Å². The summed E-state index contributed by atoms with van der Waals surface area (Å²) in [4.78, 5) is 16.4. The van der Waals surface area contributed by atoms with Gasteiger partial charge in [0.1, 0.15) is 11.6 Å². The van der Waals surface area contributed by atoms with E-state index in [2.05, 4.69) is 23.7 Å². The lowest BCUT2D eigenvalue weighted by Crippen LogP contribution is -2.46. The Bertz CT molecular complexity index is 807. The highest BCUT2D eigenvalue weighted by molar-refractivity contribution is 7.10. The molecular weight excluding hydrogens is 351 g/mol. The number of hydrogen-bond donors (Lipinski definition) is 1. The van der Waals surface area contributed by atoms with Crippen LogP contribution >= 0.6 is 11.3 Å². The lowest BCUT2D eigenvalue weighted by atomic mass is 9.98. The molecule has 2 aliphatic heterocycles. The van der Waals surface area contributed by atoms with E-state index in [-0.39, 0.29) is 23.9 Å². The number of carbonyl (C=O) groups excluding carboxylic acids is 1. The predicted octanol–water partition coefficient (Wildman–Crippen LogP) is 4.82. The standard InChI is InChI=1S/C20H23FN2O2S/c1-2-17-14-8-11-26-19(14)7-9-23(17)20(24)22-16-4-3-10-25-18-6-5-13(21)12-15(16)18/h5-6,8,11-12,16-17H,2-4,7,9-10H2,1H3,(H,22,24)/t16-,17+/m1/s1. The van der Waals surface area contributed by atoms with Crippen molar-refractivity contribution in [2.45, 2.75) is 44.7 Å². The van der Waals surface area contributed by atoms with Crippen LogP contribution in [-0.4, -0.2) is 24.1 Å². The van der Waals surface area contributed by atoms with Gasteiger partial charge in [-0.2, -0.15) is 0 Å². The van der Waals surface area contributed by atoms with E-state index in [0.717, 1.165) is 37.8 Å². The Morgan fingerprint density at radius 3 is 3.12 bits per heavy atom. The van der Waals surface area contributed by atoms with Crippen LogP contribution in [0, 0.1) is 5.82 Å². The van der Waals surface area contributed by atoms with Gasteiger partial charge in [-0.25, -0.2) is 9.18 Å². The summed E-state index contributed by atoms with van der Waals surface area (Å²) in [7, 11) is 0. The van der Waals surface area contributed by atoms with Gasteiger partial charge >= 0.3 is 6.03 Å². The largest absolute Gasteiger partial charge is 0.493 e. The summed E-state index contributed by atoms with van der Waals surface area (Å²) in [6, 6.07) is 6.49. The molecule has 0 saturated carbocycles.